The maximum Gasteiger partial charge on any atom is 0.406 e. The third-order valence-electron chi connectivity index (χ3n) is 3.59. The summed E-state index contributed by atoms with van der Waals surface area (Å²) in [6, 6.07) is 0. The minimum Gasteiger partial charge on any atom is -0.394 e. The highest BCUT2D eigenvalue weighted by molar-refractivity contribution is 5.89. The second kappa shape index (κ2) is 6.18. The van der Waals surface area contributed by atoms with Gasteiger partial charge in [0.2, 0.25) is 11.8 Å². The highest BCUT2D eigenvalue weighted by Crippen LogP contribution is 2.25. The van der Waals surface area contributed by atoms with Crippen molar-refractivity contribution in [3.05, 3.63) is 0 Å². The molecule has 0 bridgehead atoms. The summed E-state index contributed by atoms with van der Waals surface area (Å²) in [5.74, 6) is -1.76. The van der Waals surface area contributed by atoms with Gasteiger partial charge in [-0.3, -0.25) is 9.59 Å². The van der Waals surface area contributed by atoms with Crippen LogP contribution in [-0.4, -0.2) is 78.4 Å². The average molecular weight is 310 g/mol. The molecule has 2 unspecified atom stereocenters. The summed E-state index contributed by atoms with van der Waals surface area (Å²) >= 11 is 0. The van der Waals surface area contributed by atoms with Gasteiger partial charge in [0.25, 0.3) is 0 Å². The molecule has 0 aromatic heterocycles. The van der Waals surface area contributed by atoms with E-state index >= 15 is 0 Å². The predicted molar refractivity (Wildman–Crippen MR) is 64.1 cm³/mol. The van der Waals surface area contributed by atoms with Crippen LogP contribution in [0.15, 0.2) is 0 Å². The number of nitrogens with zero attached hydrogens (tertiary/aromatic N) is 2. The fraction of sp³-hybridized carbons (Fsp3) is 0.833. The van der Waals surface area contributed by atoms with Crippen LogP contribution in [0.25, 0.3) is 0 Å². The van der Waals surface area contributed by atoms with Gasteiger partial charge >= 0.3 is 6.18 Å². The maximum absolute atomic E-state index is 12.3. The molecular formula is C12H17F3N2O4. The molecule has 120 valence electrons. The van der Waals surface area contributed by atoms with E-state index < -0.39 is 30.7 Å². The number of ether oxygens (including phenoxy) is 1. The molecule has 2 saturated heterocycles. The highest BCUT2D eigenvalue weighted by Gasteiger charge is 2.42. The number of hydrogen-bond donors (Lipinski definition) is 1. The summed E-state index contributed by atoms with van der Waals surface area (Å²) in [6.45, 7) is -0.980. The van der Waals surface area contributed by atoms with Crippen LogP contribution in [0.2, 0.25) is 0 Å². The Morgan fingerprint density at radius 2 is 2.10 bits per heavy atom. The average Bonchev–Trinajstić information content (AvgIpc) is 2.77. The van der Waals surface area contributed by atoms with Gasteiger partial charge in [-0.05, 0) is 0 Å². The summed E-state index contributed by atoms with van der Waals surface area (Å²) in [5, 5.41) is 9.02. The number of halogens is 3. The fourth-order valence-corrected chi connectivity index (χ4v) is 2.59. The first-order valence-corrected chi connectivity index (χ1v) is 6.66. The number of carbonyl (C=O) groups is 2. The number of morpholine rings is 1. The number of hydrogen-bond acceptors (Lipinski definition) is 4. The number of amides is 2. The van der Waals surface area contributed by atoms with Crippen LogP contribution in [-0.2, 0) is 14.3 Å². The van der Waals surface area contributed by atoms with Gasteiger partial charge in [-0.25, -0.2) is 0 Å². The lowest BCUT2D eigenvalue weighted by atomic mass is 10.1. The van der Waals surface area contributed by atoms with E-state index in [4.69, 9.17) is 9.84 Å². The van der Waals surface area contributed by atoms with E-state index in [0.717, 1.165) is 0 Å². The Morgan fingerprint density at radius 3 is 2.71 bits per heavy atom. The molecule has 0 aromatic rings. The molecule has 21 heavy (non-hydrogen) atoms. The molecule has 2 atom stereocenters. The van der Waals surface area contributed by atoms with E-state index in [1.807, 2.05) is 0 Å². The normalized spacial score (nSPS) is 27.3. The number of aliphatic hydroxyl groups is 1. The number of carbonyl (C=O) groups excluding carboxylic acids is 2. The molecule has 0 aliphatic carbocycles. The molecule has 1 N–H and O–H groups in total. The monoisotopic (exact) mass is 310 g/mol. The van der Waals surface area contributed by atoms with Crippen molar-refractivity contribution in [1.82, 2.24) is 9.80 Å². The van der Waals surface area contributed by atoms with Crippen LogP contribution in [0.3, 0.4) is 0 Å². The van der Waals surface area contributed by atoms with Crippen LogP contribution in [0.1, 0.15) is 6.42 Å². The molecular weight excluding hydrogens is 293 g/mol. The van der Waals surface area contributed by atoms with Gasteiger partial charge in [-0.15, -0.1) is 0 Å². The quantitative estimate of drug-likeness (QED) is 0.771. The molecule has 2 rings (SSSR count). The predicted octanol–water partition coefficient (Wildman–Crippen LogP) is -0.383. The molecule has 2 heterocycles. The number of aliphatic hydroxyl groups excluding tert-OH is 1. The van der Waals surface area contributed by atoms with E-state index in [2.05, 4.69) is 0 Å². The van der Waals surface area contributed by atoms with Crippen LogP contribution in [0, 0.1) is 5.92 Å². The van der Waals surface area contributed by atoms with Gasteiger partial charge in [0.15, 0.2) is 0 Å². The van der Waals surface area contributed by atoms with Crippen molar-refractivity contribution >= 4 is 11.8 Å². The lowest BCUT2D eigenvalue weighted by Crippen LogP contribution is -2.49. The second-order valence-corrected chi connectivity index (χ2v) is 5.25. The van der Waals surface area contributed by atoms with E-state index in [-0.39, 0.29) is 38.6 Å². The third-order valence-corrected chi connectivity index (χ3v) is 3.59. The van der Waals surface area contributed by atoms with Crippen LogP contribution >= 0.6 is 0 Å². The van der Waals surface area contributed by atoms with Crippen LogP contribution in [0.4, 0.5) is 13.2 Å². The zero-order chi connectivity index (χ0) is 15.6. The Morgan fingerprint density at radius 1 is 1.38 bits per heavy atom. The topological polar surface area (TPSA) is 70.1 Å². The first-order valence-electron chi connectivity index (χ1n) is 6.66. The van der Waals surface area contributed by atoms with Crippen molar-refractivity contribution in [2.75, 3.05) is 39.4 Å². The first kappa shape index (κ1) is 16.0. The SMILES string of the molecule is O=C1CC(C(=O)N2CCOC(CO)C2)CN1CC(F)(F)F. The summed E-state index contributed by atoms with van der Waals surface area (Å²) in [7, 11) is 0. The highest BCUT2D eigenvalue weighted by atomic mass is 19.4. The van der Waals surface area contributed by atoms with Gasteiger partial charge in [-0.1, -0.05) is 0 Å². The van der Waals surface area contributed by atoms with Crippen molar-refractivity contribution in [3.63, 3.8) is 0 Å². The molecule has 2 fully saturated rings. The van der Waals surface area contributed by atoms with Crippen molar-refractivity contribution in [2.24, 2.45) is 5.92 Å². The molecule has 2 aliphatic rings. The Kier molecular flexibility index (Phi) is 4.72. The molecule has 0 radical (unpaired) electrons. The zero-order valence-electron chi connectivity index (χ0n) is 11.3. The molecule has 2 aliphatic heterocycles. The Balaban J connectivity index is 1.93. The summed E-state index contributed by atoms with van der Waals surface area (Å²) < 4.78 is 42.2. The molecule has 0 aromatic carbocycles. The summed E-state index contributed by atoms with van der Waals surface area (Å²) in [6.07, 6.45) is -5.14. The molecule has 2 amide bonds. The van der Waals surface area contributed by atoms with Gasteiger partial charge in [0.05, 0.1) is 25.2 Å². The lowest BCUT2D eigenvalue weighted by molar-refractivity contribution is -0.157. The Bertz CT molecular complexity index is 416. The van der Waals surface area contributed by atoms with Crippen molar-refractivity contribution in [3.8, 4) is 0 Å². The lowest BCUT2D eigenvalue weighted by Gasteiger charge is -2.33. The largest absolute Gasteiger partial charge is 0.406 e. The summed E-state index contributed by atoms with van der Waals surface area (Å²) in [4.78, 5) is 25.9. The Hall–Kier alpha value is -1.35. The first-order chi connectivity index (χ1) is 9.80. The smallest absolute Gasteiger partial charge is 0.394 e. The van der Waals surface area contributed by atoms with Crippen molar-refractivity contribution in [1.29, 1.82) is 0 Å². The number of alkyl halides is 3. The van der Waals surface area contributed by atoms with Crippen molar-refractivity contribution < 1.29 is 32.6 Å². The number of likely N-dealkylation sites (tertiary alicyclic amines) is 1. The number of rotatable bonds is 3. The minimum atomic E-state index is -4.46. The van der Waals surface area contributed by atoms with E-state index in [0.29, 0.717) is 11.4 Å². The third kappa shape index (κ3) is 4.07. The standard InChI is InChI=1S/C12H17F3N2O4/c13-12(14,15)7-17-4-8(3-10(17)19)11(20)16-1-2-21-9(5-16)6-18/h8-9,18H,1-7H2. The van der Waals surface area contributed by atoms with Gasteiger partial charge in [0.1, 0.15) is 6.54 Å². The van der Waals surface area contributed by atoms with Gasteiger partial charge in [-0.2, -0.15) is 13.2 Å². The molecule has 6 nitrogen and oxygen atoms in total. The van der Waals surface area contributed by atoms with E-state index in [1.54, 1.807) is 0 Å². The van der Waals surface area contributed by atoms with Crippen LogP contribution < -0.4 is 0 Å². The van der Waals surface area contributed by atoms with Gasteiger partial charge < -0.3 is 19.6 Å². The summed E-state index contributed by atoms with van der Waals surface area (Å²) in [5.41, 5.74) is 0. The maximum atomic E-state index is 12.3. The second-order valence-electron chi connectivity index (χ2n) is 5.25. The molecule has 0 spiro atoms. The minimum absolute atomic E-state index is 0.194. The zero-order valence-corrected chi connectivity index (χ0v) is 11.3. The van der Waals surface area contributed by atoms with E-state index in [1.165, 1.54) is 4.90 Å². The van der Waals surface area contributed by atoms with E-state index in [9.17, 15) is 22.8 Å². The van der Waals surface area contributed by atoms with Crippen LogP contribution in [0.5, 0.6) is 0 Å². The fourth-order valence-electron chi connectivity index (χ4n) is 2.59. The Labute approximate surface area is 119 Å². The molecule has 9 heteroatoms. The van der Waals surface area contributed by atoms with Crippen molar-refractivity contribution in [2.45, 2.75) is 18.7 Å². The molecule has 0 saturated carbocycles. The van der Waals surface area contributed by atoms with Gasteiger partial charge in [0, 0.05) is 26.1 Å².